The molecule has 6 nitrogen and oxygen atoms in total. The number of amides is 2. The molecule has 0 aromatic heterocycles. The number of hydrazine groups is 1. The van der Waals surface area contributed by atoms with Gasteiger partial charge in [0, 0.05) is 49.8 Å². The average molecular weight is 375 g/mol. The second-order valence-electron chi connectivity index (χ2n) is 6.55. The molecule has 0 atom stereocenters. The van der Waals surface area contributed by atoms with E-state index in [0.29, 0.717) is 17.3 Å². The number of benzene rings is 1. The number of halogens is 1. The van der Waals surface area contributed by atoms with Gasteiger partial charge in [-0.2, -0.15) is 0 Å². The largest absolute Gasteiger partial charge is 0.326 e. The van der Waals surface area contributed by atoms with Crippen molar-refractivity contribution in [3.05, 3.63) is 53.0 Å². The third-order valence-electron chi connectivity index (χ3n) is 4.71. The summed E-state index contributed by atoms with van der Waals surface area (Å²) in [5.41, 5.74) is 2.46. The Morgan fingerprint density at radius 2 is 2.04 bits per heavy atom. The molecule has 3 rings (SSSR count). The zero-order valence-corrected chi connectivity index (χ0v) is 15.8. The van der Waals surface area contributed by atoms with Crippen LogP contribution < -0.4 is 5.32 Å². The van der Waals surface area contributed by atoms with E-state index in [2.05, 4.69) is 11.9 Å². The van der Waals surface area contributed by atoms with Crippen LogP contribution in [-0.4, -0.2) is 46.9 Å². The van der Waals surface area contributed by atoms with Gasteiger partial charge in [0.1, 0.15) is 5.82 Å². The van der Waals surface area contributed by atoms with Crippen LogP contribution in [0.5, 0.6) is 0 Å². The number of nitrogens with one attached hydrogen (secondary N) is 1. The fourth-order valence-corrected chi connectivity index (χ4v) is 3.32. The van der Waals surface area contributed by atoms with Crippen molar-refractivity contribution in [1.29, 1.82) is 0 Å². The van der Waals surface area contributed by atoms with E-state index in [1.807, 2.05) is 36.1 Å². The molecular formula is C19H23ClN4O2. The number of aryl methyl sites for hydroxylation is 1. The highest BCUT2D eigenvalue weighted by Gasteiger charge is 2.33. The first kappa shape index (κ1) is 18.3. The molecule has 1 aromatic rings. The molecule has 1 saturated heterocycles. The zero-order valence-electron chi connectivity index (χ0n) is 15.1. The first-order chi connectivity index (χ1) is 12.4. The number of carbonyl (C=O) groups is 2. The number of rotatable bonds is 4. The maximum Gasteiger partial charge on any atom is 0.228 e. The highest BCUT2D eigenvalue weighted by atomic mass is 35.5. The Morgan fingerprint density at radius 3 is 2.81 bits per heavy atom. The molecule has 1 aromatic carbocycles. The van der Waals surface area contributed by atoms with E-state index in [4.69, 9.17) is 11.6 Å². The SMILES string of the molecule is C=C1C=C2N(C(=O)CCC(=O)Nc3cc(Cl)ccc3C)CCCN2N1C. The Bertz CT molecular complexity index is 790. The van der Waals surface area contributed by atoms with E-state index >= 15 is 0 Å². The van der Waals surface area contributed by atoms with E-state index in [9.17, 15) is 9.59 Å². The Kier molecular flexibility index (Phi) is 5.23. The monoisotopic (exact) mass is 374 g/mol. The number of hydrogen-bond acceptors (Lipinski definition) is 4. The fourth-order valence-electron chi connectivity index (χ4n) is 3.15. The summed E-state index contributed by atoms with van der Waals surface area (Å²) < 4.78 is 0. The lowest BCUT2D eigenvalue weighted by molar-refractivity contribution is -0.134. The Hall–Kier alpha value is -2.47. The van der Waals surface area contributed by atoms with Crippen molar-refractivity contribution in [1.82, 2.24) is 14.9 Å². The van der Waals surface area contributed by atoms with Gasteiger partial charge in [0.15, 0.2) is 0 Å². The number of carbonyl (C=O) groups excluding carboxylic acids is 2. The van der Waals surface area contributed by atoms with E-state index in [-0.39, 0.29) is 24.7 Å². The number of anilines is 1. The van der Waals surface area contributed by atoms with Gasteiger partial charge in [0.2, 0.25) is 11.8 Å². The normalized spacial score (nSPS) is 16.5. The lowest BCUT2D eigenvalue weighted by Gasteiger charge is -2.39. The van der Waals surface area contributed by atoms with Crippen molar-refractivity contribution in [2.45, 2.75) is 26.2 Å². The molecule has 0 spiro atoms. The van der Waals surface area contributed by atoms with Crippen molar-refractivity contribution in [2.24, 2.45) is 0 Å². The molecular weight excluding hydrogens is 352 g/mol. The molecule has 0 saturated carbocycles. The molecule has 0 bridgehead atoms. The van der Waals surface area contributed by atoms with Crippen LogP contribution in [0.2, 0.25) is 5.02 Å². The average Bonchev–Trinajstić information content (AvgIpc) is 2.90. The number of hydrogen-bond donors (Lipinski definition) is 1. The number of allylic oxidation sites excluding steroid dienone is 1. The molecule has 26 heavy (non-hydrogen) atoms. The molecule has 138 valence electrons. The van der Waals surface area contributed by atoms with Crippen molar-refractivity contribution < 1.29 is 9.59 Å². The fraction of sp³-hybridized carbons (Fsp3) is 0.368. The van der Waals surface area contributed by atoms with E-state index in [1.165, 1.54) is 0 Å². The van der Waals surface area contributed by atoms with Crippen LogP contribution >= 0.6 is 11.6 Å². The summed E-state index contributed by atoms with van der Waals surface area (Å²) in [6.07, 6.45) is 3.08. The van der Waals surface area contributed by atoms with E-state index in [0.717, 1.165) is 30.0 Å². The standard InChI is InChI=1S/C19H23ClN4O2/c1-13-5-6-15(20)12-16(13)21-17(25)7-8-19(26)23-9-4-10-24-18(23)11-14(2)22(24)3/h5-6,11-12H,2,4,7-10H2,1,3H3,(H,21,25). The molecule has 0 radical (unpaired) electrons. The highest BCUT2D eigenvalue weighted by Crippen LogP contribution is 2.29. The quantitative estimate of drug-likeness (QED) is 0.879. The summed E-state index contributed by atoms with van der Waals surface area (Å²) in [4.78, 5) is 26.6. The summed E-state index contributed by atoms with van der Waals surface area (Å²) in [6, 6.07) is 5.34. The zero-order chi connectivity index (χ0) is 18.8. The van der Waals surface area contributed by atoms with Gasteiger partial charge < -0.3 is 5.32 Å². The third kappa shape index (κ3) is 3.70. The molecule has 2 aliphatic heterocycles. The van der Waals surface area contributed by atoms with Crippen LogP contribution in [-0.2, 0) is 9.59 Å². The second-order valence-corrected chi connectivity index (χ2v) is 6.98. The number of likely N-dealkylation sites (N-methyl/N-ethyl adjacent to an activating group) is 1. The van der Waals surface area contributed by atoms with Gasteiger partial charge in [-0.25, -0.2) is 0 Å². The summed E-state index contributed by atoms with van der Waals surface area (Å²) in [7, 11) is 1.93. The molecule has 0 aliphatic carbocycles. The maximum absolute atomic E-state index is 12.6. The van der Waals surface area contributed by atoms with E-state index < -0.39 is 0 Å². The molecule has 0 unspecified atom stereocenters. The second kappa shape index (κ2) is 7.41. The Balaban J connectivity index is 1.58. The summed E-state index contributed by atoms with van der Waals surface area (Å²) in [6.45, 7) is 7.41. The summed E-state index contributed by atoms with van der Waals surface area (Å²) in [5.74, 6) is 0.598. The minimum Gasteiger partial charge on any atom is -0.326 e. The van der Waals surface area contributed by atoms with Crippen molar-refractivity contribution in [3.8, 4) is 0 Å². The van der Waals surface area contributed by atoms with Crippen LogP contribution in [0.4, 0.5) is 5.69 Å². The lowest BCUT2D eigenvalue weighted by Crippen LogP contribution is -2.47. The van der Waals surface area contributed by atoms with Crippen LogP contribution in [0.25, 0.3) is 0 Å². The first-order valence-corrected chi connectivity index (χ1v) is 9.03. The van der Waals surface area contributed by atoms with Gasteiger partial charge in [-0.3, -0.25) is 24.5 Å². The van der Waals surface area contributed by atoms with Gasteiger partial charge in [-0.1, -0.05) is 24.2 Å². The minimum atomic E-state index is -0.195. The predicted octanol–water partition coefficient (Wildman–Crippen LogP) is 3.12. The van der Waals surface area contributed by atoms with Gasteiger partial charge in [0.25, 0.3) is 0 Å². The van der Waals surface area contributed by atoms with Crippen LogP contribution in [0.15, 0.2) is 42.4 Å². The van der Waals surface area contributed by atoms with Crippen LogP contribution in [0.3, 0.4) is 0 Å². The number of fused-ring (bicyclic) bond motifs is 1. The van der Waals surface area contributed by atoms with Gasteiger partial charge >= 0.3 is 0 Å². The Labute approximate surface area is 158 Å². The van der Waals surface area contributed by atoms with Gasteiger partial charge in [-0.15, -0.1) is 0 Å². The van der Waals surface area contributed by atoms with Crippen LogP contribution in [0, 0.1) is 6.92 Å². The molecule has 2 heterocycles. The predicted molar refractivity (Wildman–Crippen MR) is 102 cm³/mol. The molecule has 1 fully saturated rings. The highest BCUT2D eigenvalue weighted by molar-refractivity contribution is 6.31. The summed E-state index contributed by atoms with van der Waals surface area (Å²) in [5, 5.41) is 7.38. The molecule has 1 N–H and O–H groups in total. The first-order valence-electron chi connectivity index (χ1n) is 8.65. The van der Waals surface area contributed by atoms with E-state index in [1.54, 1.807) is 17.0 Å². The topological polar surface area (TPSA) is 55.9 Å². The van der Waals surface area contributed by atoms with Gasteiger partial charge in [0.05, 0.1) is 5.70 Å². The van der Waals surface area contributed by atoms with Crippen molar-refractivity contribution >= 4 is 29.1 Å². The third-order valence-corrected chi connectivity index (χ3v) is 4.94. The molecule has 2 amide bonds. The molecule has 7 heteroatoms. The van der Waals surface area contributed by atoms with Crippen LogP contribution in [0.1, 0.15) is 24.8 Å². The molecule has 2 aliphatic rings. The smallest absolute Gasteiger partial charge is 0.228 e. The maximum atomic E-state index is 12.6. The van der Waals surface area contributed by atoms with Crippen molar-refractivity contribution in [2.75, 3.05) is 25.5 Å². The summed E-state index contributed by atoms with van der Waals surface area (Å²) >= 11 is 5.97. The van der Waals surface area contributed by atoms with Gasteiger partial charge in [-0.05, 0) is 31.0 Å². The Morgan fingerprint density at radius 1 is 1.27 bits per heavy atom. The number of nitrogens with zero attached hydrogens (tertiary/aromatic N) is 3. The minimum absolute atomic E-state index is 0.0537. The van der Waals surface area contributed by atoms with Crippen molar-refractivity contribution in [3.63, 3.8) is 0 Å². The lowest BCUT2D eigenvalue weighted by atomic mass is 10.2.